The molecular formula is C18H15FN8O. The lowest BCUT2D eigenvalue weighted by Crippen LogP contribution is -2.15. The van der Waals surface area contributed by atoms with E-state index in [-0.39, 0.29) is 5.69 Å². The van der Waals surface area contributed by atoms with Gasteiger partial charge in [-0.25, -0.2) is 18.7 Å². The summed E-state index contributed by atoms with van der Waals surface area (Å²) < 4.78 is 17.2. The minimum atomic E-state index is -0.569. The predicted molar refractivity (Wildman–Crippen MR) is 97.8 cm³/mol. The Bertz CT molecular complexity index is 1110. The first-order chi connectivity index (χ1) is 13.7. The first-order valence-electron chi connectivity index (χ1n) is 8.50. The lowest BCUT2D eigenvalue weighted by atomic mass is 10.2. The standard InChI is InChI=1S/C18H15FN8O/c1-2-16-13(10-22-27(16)17-5-3-4-8-20-17)18(28)23-15-9-12(6-7-14(15)19)26-11-21-24-25-26/h3-11H,2H2,1H3,(H,23,28). The van der Waals surface area contributed by atoms with E-state index in [1.807, 2.05) is 13.0 Å². The summed E-state index contributed by atoms with van der Waals surface area (Å²) in [6.45, 7) is 1.91. The maximum Gasteiger partial charge on any atom is 0.259 e. The maximum absolute atomic E-state index is 14.2. The van der Waals surface area contributed by atoms with Gasteiger partial charge in [-0.1, -0.05) is 13.0 Å². The number of hydrogen-bond acceptors (Lipinski definition) is 6. The SMILES string of the molecule is CCc1c(C(=O)Nc2cc(-n3cnnn3)ccc2F)cnn1-c1ccccn1. The van der Waals surface area contributed by atoms with E-state index < -0.39 is 11.7 Å². The number of carbonyl (C=O) groups is 1. The molecule has 1 aromatic carbocycles. The van der Waals surface area contributed by atoms with Crippen LogP contribution in [0.1, 0.15) is 23.0 Å². The molecule has 0 aliphatic rings. The van der Waals surface area contributed by atoms with Crippen LogP contribution in [0.2, 0.25) is 0 Å². The number of carbonyl (C=O) groups excluding carboxylic acids is 1. The summed E-state index contributed by atoms with van der Waals surface area (Å²) in [4.78, 5) is 17.0. The molecule has 28 heavy (non-hydrogen) atoms. The molecule has 10 heteroatoms. The number of nitrogens with zero attached hydrogens (tertiary/aromatic N) is 7. The highest BCUT2D eigenvalue weighted by Gasteiger charge is 2.19. The smallest absolute Gasteiger partial charge is 0.259 e. The molecule has 0 atom stereocenters. The zero-order valence-electron chi connectivity index (χ0n) is 14.8. The Morgan fingerprint density at radius 1 is 1.25 bits per heavy atom. The van der Waals surface area contributed by atoms with Crippen LogP contribution >= 0.6 is 0 Å². The Kier molecular flexibility index (Phi) is 4.58. The number of benzene rings is 1. The zero-order chi connectivity index (χ0) is 19.5. The van der Waals surface area contributed by atoms with E-state index in [1.54, 1.807) is 23.0 Å². The van der Waals surface area contributed by atoms with E-state index >= 15 is 0 Å². The fourth-order valence-electron chi connectivity index (χ4n) is 2.80. The fourth-order valence-corrected chi connectivity index (χ4v) is 2.80. The Morgan fingerprint density at radius 3 is 2.86 bits per heavy atom. The number of amides is 1. The predicted octanol–water partition coefficient (Wildman–Crippen LogP) is 2.20. The number of rotatable bonds is 5. The minimum absolute atomic E-state index is 0.0191. The van der Waals surface area contributed by atoms with E-state index in [1.165, 1.54) is 35.4 Å². The average Bonchev–Trinajstić information content (AvgIpc) is 3.40. The summed E-state index contributed by atoms with van der Waals surface area (Å²) in [5.74, 6) is -0.433. The number of aromatic nitrogens is 7. The van der Waals surface area contributed by atoms with Gasteiger partial charge in [-0.05, 0) is 47.2 Å². The van der Waals surface area contributed by atoms with Crippen LogP contribution in [0.5, 0.6) is 0 Å². The van der Waals surface area contributed by atoms with Crippen molar-refractivity contribution in [3.63, 3.8) is 0 Å². The van der Waals surface area contributed by atoms with E-state index in [4.69, 9.17) is 0 Å². The van der Waals surface area contributed by atoms with Crippen LogP contribution in [0, 0.1) is 5.82 Å². The molecule has 0 saturated carbocycles. The second-order valence-electron chi connectivity index (χ2n) is 5.83. The summed E-state index contributed by atoms with van der Waals surface area (Å²) >= 11 is 0. The molecule has 1 N–H and O–H groups in total. The summed E-state index contributed by atoms with van der Waals surface area (Å²) in [7, 11) is 0. The van der Waals surface area contributed by atoms with Crippen LogP contribution in [0.4, 0.5) is 10.1 Å². The summed E-state index contributed by atoms with van der Waals surface area (Å²) in [6, 6.07) is 9.64. The van der Waals surface area contributed by atoms with E-state index in [0.717, 1.165) is 0 Å². The second-order valence-corrected chi connectivity index (χ2v) is 5.83. The van der Waals surface area contributed by atoms with Gasteiger partial charge in [0.15, 0.2) is 5.82 Å². The number of hydrogen-bond donors (Lipinski definition) is 1. The topological polar surface area (TPSA) is 103 Å². The van der Waals surface area contributed by atoms with Gasteiger partial charge in [-0.15, -0.1) is 5.10 Å². The highest BCUT2D eigenvalue weighted by Crippen LogP contribution is 2.21. The highest BCUT2D eigenvalue weighted by atomic mass is 19.1. The Hall–Kier alpha value is -3.95. The Labute approximate surface area is 158 Å². The van der Waals surface area contributed by atoms with Gasteiger partial charge in [0.2, 0.25) is 0 Å². The van der Waals surface area contributed by atoms with Gasteiger partial charge in [0.25, 0.3) is 5.91 Å². The zero-order valence-corrected chi connectivity index (χ0v) is 14.8. The van der Waals surface area contributed by atoms with Crippen LogP contribution < -0.4 is 5.32 Å². The number of halogens is 1. The third-order valence-electron chi connectivity index (χ3n) is 4.13. The third kappa shape index (κ3) is 3.22. The molecule has 0 saturated heterocycles. The molecule has 0 fully saturated rings. The molecule has 0 aliphatic carbocycles. The molecule has 4 rings (SSSR count). The summed E-state index contributed by atoms with van der Waals surface area (Å²) in [5, 5.41) is 17.7. The number of pyridine rings is 1. The fraction of sp³-hybridized carbons (Fsp3) is 0.111. The molecule has 140 valence electrons. The van der Waals surface area contributed by atoms with E-state index in [2.05, 4.69) is 30.9 Å². The maximum atomic E-state index is 14.2. The van der Waals surface area contributed by atoms with Gasteiger partial charge in [0.1, 0.15) is 12.1 Å². The van der Waals surface area contributed by atoms with Crippen LogP contribution in [0.25, 0.3) is 11.5 Å². The first kappa shape index (κ1) is 17.5. The Morgan fingerprint density at radius 2 is 2.14 bits per heavy atom. The molecule has 3 aromatic heterocycles. The molecule has 0 bridgehead atoms. The van der Waals surface area contributed by atoms with Crippen molar-refractivity contribution >= 4 is 11.6 Å². The number of tetrazole rings is 1. The molecule has 4 aromatic rings. The van der Waals surface area contributed by atoms with Crippen molar-refractivity contribution in [2.45, 2.75) is 13.3 Å². The quantitative estimate of drug-likeness (QED) is 0.571. The van der Waals surface area contributed by atoms with Crippen molar-refractivity contribution in [2.75, 3.05) is 5.32 Å². The van der Waals surface area contributed by atoms with Crippen molar-refractivity contribution in [1.29, 1.82) is 0 Å². The van der Waals surface area contributed by atoms with Gasteiger partial charge >= 0.3 is 0 Å². The monoisotopic (exact) mass is 378 g/mol. The van der Waals surface area contributed by atoms with Crippen LogP contribution in [-0.4, -0.2) is 40.9 Å². The highest BCUT2D eigenvalue weighted by molar-refractivity contribution is 6.05. The van der Waals surface area contributed by atoms with Crippen molar-refractivity contribution in [2.24, 2.45) is 0 Å². The van der Waals surface area contributed by atoms with Gasteiger partial charge in [-0.3, -0.25) is 4.79 Å². The van der Waals surface area contributed by atoms with E-state index in [0.29, 0.717) is 29.2 Å². The molecule has 0 radical (unpaired) electrons. The second kappa shape index (κ2) is 7.35. The minimum Gasteiger partial charge on any atom is -0.319 e. The summed E-state index contributed by atoms with van der Waals surface area (Å²) in [5.41, 5.74) is 1.56. The van der Waals surface area contributed by atoms with Gasteiger partial charge in [0, 0.05) is 6.20 Å². The van der Waals surface area contributed by atoms with Crippen LogP contribution in [-0.2, 0) is 6.42 Å². The molecule has 0 unspecified atom stereocenters. The van der Waals surface area contributed by atoms with Gasteiger partial charge in [-0.2, -0.15) is 5.10 Å². The van der Waals surface area contributed by atoms with Crippen LogP contribution in [0.3, 0.4) is 0 Å². The molecule has 9 nitrogen and oxygen atoms in total. The lowest BCUT2D eigenvalue weighted by molar-refractivity contribution is 0.102. The van der Waals surface area contributed by atoms with Crippen molar-refractivity contribution in [3.8, 4) is 11.5 Å². The third-order valence-corrected chi connectivity index (χ3v) is 4.13. The molecule has 3 heterocycles. The van der Waals surface area contributed by atoms with Crippen molar-refractivity contribution in [3.05, 3.63) is 72.2 Å². The first-order valence-corrected chi connectivity index (χ1v) is 8.50. The number of anilines is 1. The summed E-state index contributed by atoms with van der Waals surface area (Å²) in [6.07, 6.45) is 5.03. The van der Waals surface area contributed by atoms with Gasteiger partial charge in [0.05, 0.1) is 28.8 Å². The normalized spacial score (nSPS) is 10.8. The van der Waals surface area contributed by atoms with E-state index in [9.17, 15) is 9.18 Å². The lowest BCUT2D eigenvalue weighted by Gasteiger charge is -2.09. The molecule has 1 amide bonds. The van der Waals surface area contributed by atoms with Gasteiger partial charge < -0.3 is 5.32 Å². The molecule has 0 spiro atoms. The Balaban J connectivity index is 1.65. The molecular weight excluding hydrogens is 363 g/mol. The van der Waals surface area contributed by atoms with Crippen molar-refractivity contribution in [1.82, 2.24) is 35.0 Å². The largest absolute Gasteiger partial charge is 0.319 e. The molecule has 0 aliphatic heterocycles. The van der Waals surface area contributed by atoms with Crippen molar-refractivity contribution < 1.29 is 9.18 Å². The number of nitrogens with one attached hydrogen (secondary N) is 1. The average molecular weight is 378 g/mol. The van der Waals surface area contributed by atoms with Crippen LogP contribution in [0.15, 0.2) is 55.1 Å².